The smallest absolute Gasteiger partial charge is 0.306 e. The molecule has 0 N–H and O–H groups in total. The lowest BCUT2D eigenvalue weighted by molar-refractivity contribution is -0.167. The second-order valence-electron chi connectivity index (χ2n) is 20.2. The van der Waals surface area contributed by atoms with Gasteiger partial charge in [-0.1, -0.05) is 249 Å². The van der Waals surface area contributed by atoms with Gasteiger partial charge in [0.1, 0.15) is 13.2 Å². The Kier molecular flexibility index (Phi) is 55.7. The van der Waals surface area contributed by atoms with E-state index in [1.807, 2.05) is 0 Å². The zero-order valence-electron chi connectivity index (χ0n) is 46.1. The van der Waals surface area contributed by atoms with E-state index in [4.69, 9.17) is 14.2 Å². The number of ether oxygens (including phenoxy) is 3. The summed E-state index contributed by atoms with van der Waals surface area (Å²) in [6, 6.07) is 0. The van der Waals surface area contributed by atoms with E-state index >= 15 is 0 Å². The van der Waals surface area contributed by atoms with Crippen LogP contribution in [0.2, 0.25) is 0 Å². The van der Waals surface area contributed by atoms with Crippen molar-refractivity contribution in [3.63, 3.8) is 0 Å². The second-order valence-corrected chi connectivity index (χ2v) is 20.2. The average molecular weight is 968 g/mol. The highest BCUT2D eigenvalue weighted by atomic mass is 16.6. The molecule has 0 fully saturated rings. The Hall–Kier alpha value is -2.63. The molecule has 0 rings (SSSR count). The van der Waals surface area contributed by atoms with Crippen molar-refractivity contribution in [3.05, 3.63) is 48.6 Å². The zero-order chi connectivity index (χ0) is 50.0. The fourth-order valence-corrected chi connectivity index (χ4v) is 8.71. The minimum Gasteiger partial charge on any atom is -0.462 e. The van der Waals surface area contributed by atoms with Crippen molar-refractivity contribution < 1.29 is 28.6 Å². The van der Waals surface area contributed by atoms with Crippen molar-refractivity contribution in [3.8, 4) is 0 Å². The van der Waals surface area contributed by atoms with Gasteiger partial charge in [0.25, 0.3) is 0 Å². The van der Waals surface area contributed by atoms with Gasteiger partial charge in [0.15, 0.2) is 6.10 Å². The SMILES string of the molecule is CCC/C=C\C/C=C\CCCCCCCC(=O)OCC(COC(=O)CCCCCCCCCCC/C=C\CCCCCCCCCC)OC(=O)CCCCCCCCC/C=C\CCCCCCCC. The number of allylic oxidation sites excluding steroid dienone is 8. The second kappa shape index (κ2) is 57.9. The van der Waals surface area contributed by atoms with E-state index in [1.54, 1.807) is 0 Å². The highest BCUT2D eigenvalue weighted by molar-refractivity contribution is 5.71. The summed E-state index contributed by atoms with van der Waals surface area (Å²) in [5.74, 6) is -0.885. The van der Waals surface area contributed by atoms with Crippen LogP contribution < -0.4 is 0 Å². The normalized spacial score (nSPS) is 12.3. The van der Waals surface area contributed by atoms with Gasteiger partial charge in [-0.15, -0.1) is 0 Å². The first kappa shape index (κ1) is 66.4. The molecule has 6 nitrogen and oxygen atoms in total. The minimum atomic E-state index is -0.781. The molecule has 0 radical (unpaired) electrons. The van der Waals surface area contributed by atoms with E-state index < -0.39 is 6.10 Å². The molecule has 69 heavy (non-hydrogen) atoms. The van der Waals surface area contributed by atoms with E-state index in [0.29, 0.717) is 19.3 Å². The Bertz CT molecular complexity index is 1200. The first-order valence-electron chi connectivity index (χ1n) is 30.1. The van der Waals surface area contributed by atoms with Crippen LogP contribution in [0.15, 0.2) is 48.6 Å². The summed E-state index contributed by atoms with van der Waals surface area (Å²) in [6.45, 7) is 6.59. The van der Waals surface area contributed by atoms with E-state index in [1.165, 1.54) is 193 Å². The van der Waals surface area contributed by atoms with Crippen LogP contribution in [0.1, 0.15) is 316 Å². The number of hydrogen-bond acceptors (Lipinski definition) is 6. The van der Waals surface area contributed by atoms with Gasteiger partial charge in [-0.2, -0.15) is 0 Å². The molecule has 0 aliphatic rings. The van der Waals surface area contributed by atoms with Crippen molar-refractivity contribution in [2.24, 2.45) is 0 Å². The summed E-state index contributed by atoms with van der Waals surface area (Å²) < 4.78 is 16.9. The van der Waals surface area contributed by atoms with Crippen LogP contribution in [0.5, 0.6) is 0 Å². The third kappa shape index (κ3) is 56.2. The predicted octanol–water partition coefficient (Wildman–Crippen LogP) is 20.2. The summed E-state index contributed by atoms with van der Waals surface area (Å²) in [7, 11) is 0. The van der Waals surface area contributed by atoms with E-state index in [2.05, 4.69) is 69.4 Å². The Labute approximate surface area is 428 Å². The van der Waals surface area contributed by atoms with Crippen LogP contribution >= 0.6 is 0 Å². The molecule has 6 heteroatoms. The maximum Gasteiger partial charge on any atom is 0.306 e. The van der Waals surface area contributed by atoms with Crippen LogP contribution in [0.3, 0.4) is 0 Å². The quantitative estimate of drug-likeness (QED) is 0.0262. The maximum atomic E-state index is 12.9. The molecule has 0 heterocycles. The fourth-order valence-electron chi connectivity index (χ4n) is 8.71. The highest BCUT2D eigenvalue weighted by Crippen LogP contribution is 2.16. The number of carbonyl (C=O) groups excluding carboxylic acids is 3. The summed E-state index contributed by atoms with van der Waals surface area (Å²) in [4.78, 5) is 38.2. The van der Waals surface area contributed by atoms with Crippen molar-refractivity contribution in [2.75, 3.05) is 13.2 Å². The van der Waals surface area contributed by atoms with Gasteiger partial charge >= 0.3 is 17.9 Å². The van der Waals surface area contributed by atoms with Crippen LogP contribution in [0.4, 0.5) is 0 Å². The van der Waals surface area contributed by atoms with Gasteiger partial charge in [-0.3, -0.25) is 14.4 Å². The maximum absolute atomic E-state index is 12.9. The molecular formula is C63H114O6. The third-order valence-electron chi connectivity index (χ3n) is 13.3. The van der Waals surface area contributed by atoms with Gasteiger partial charge in [-0.05, 0) is 96.3 Å². The lowest BCUT2D eigenvalue weighted by Crippen LogP contribution is -2.30. The van der Waals surface area contributed by atoms with Gasteiger partial charge in [0.05, 0.1) is 0 Å². The van der Waals surface area contributed by atoms with E-state index in [-0.39, 0.29) is 31.1 Å². The molecule has 1 unspecified atom stereocenters. The number of carbonyl (C=O) groups is 3. The molecule has 1 atom stereocenters. The zero-order valence-corrected chi connectivity index (χ0v) is 46.1. The molecule has 0 amide bonds. The number of hydrogen-bond donors (Lipinski definition) is 0. The van der Waals surface area contributed by atoms with Crippen LogP contribution in [0, 0.1) is 0 Å². The van der Waals surface area contributed by atoms with Crippen LogP contribution in [-0.2, 0) is 28.6 Å². The summed E-state index contributed by atoms with van der Waals surface area (Å²) in [5.41, 5.74) is 0. The minimum absolute atomic E-state index is 0.0788. The Morgan fingerprint density at radius 2 is 0.551 bits per heavy atom. The van der Waals surface area contributed by atoms with Gasteiger partial charge in [0.2, 0.25) is 0 Å². The molecular weight excluding hydrogens is 853 g/mol. The summed E-state index contributed by atoms with van der Waals surface area (Å²) in [5, 5.41) is 0. The number of esters is 3. The van der Waals surface area contributed by atoms with Gasteiger partial charge in [0, 0.05) is 19.3 Å². The summed E-state index contributed by atoms with van der Waals surface area (Å²) in [6.07, 6.45) is 71.1. The van der Waals surface area contributed by atoms with Crippen molar-refractivity contribution in [2.45, 2.75) is 322 Å². The first-order valence-corrected chi connectivity index (χ1v) is 30.1. The van der Waals surface area contributed by atoms with Crippen molar-refractivity contribution >= 4 is 17.9 Å². The topological polar surface area (TPSA) is 78.9 Å². The molecule has 0 aliphatic heterocycles. The molecule has 0 spiro atoms. The Balaban J connectivity index is 4.33. The molecule has 402 valence electrons. The van der Waals surface area contributed by atoms with Crippen molar-refractivity contribution in [1.29, 1.82) is 0 Å². The number of rotatable bonds is 55. The van der Waals surface area contributed by atoms with Gasteiger partial charge < -0.3 is 14.2 Å². The average Bonchev–Trinajstić information content (AvgIpc) is 3.35. The molecule has 0 aromatic rings. The molecule has 0 aliphatic carbocycles. The van der Waals surface area contributed by atoms with Gasteiger partial charge in [-0.25, -0.2) is 0 Å². The Morgan fingerprint density at radius 3 is 0.870 bits per heavy atom. The molecule has 0 aromatic carbocycles. The standard InChI is InChI=1S/C63H114O6/c1-4-7-10-13-16-19-22-25-27-29-30-31-32-34-35-38-41-44-47-50-53-56-62(65)68-59-60(58-67-61(64)55-52-49-46-43-40-37-24-21-18-15-12-9-6-3)69-63(66)57-54-51-48-45-42-39-36-33-28-26-23-20-17-14-11-8-5-2/h12,15,21,24,26,28-30,60H,4-11,13-14,16-20,22-23,25,27,31-59H2,1-3H3/b15-12-,24-21-,28-26-,30-29-. The van der Waals surface area contributed by atoms with Crippen molar-refractivity contribution in [1.82, 2.24) is 0 Å². The highest BCUT2D eigenvalue weighted by Gasteiger charge is 2.19. The molecule has 0 bridgehead atoms. The monoisotopic (exact) mass is 967 g/mol. The lowest BCUT2D eigenvalue weighted by atomic mass is 10.1. The number of unbranched alkanes of at least 4 members (excludes halogenated alkanes) is 36. The predicted molar refractivity (Wildman–Crippen MR) is 298 cm³/mol. The first-order chi connectivity index (χ1) is 34.0. The van der Waals surface area contributed by atoms with Crippen LogP contribution in [0.25, 0.3) is 0 Å². The molecule has 0 saturated heterocycles. The van der Waals surface area contributed by atoms with Crippen LogP contribution in [-0.4, -0.2) is 37.2 Å². The lowest BCUT2D eigenvalue weighted by Gasteiger charge is -2.18. The molecule has 0 aromatic heterocycles. The largest absolute Gasteiger partial charge is 0.462 e. The third-order valence-corrected chi connectivity index (χ3v) is 13.3. The Morgan fingerprint density at radius 1 is 0.290 bits per heavy atom. The van der Waals surface area contributed by atoms with E-state index in [0.717, 1.165) is 83.5 Å². The molecule has 0 saturated carbocycles. The van der Waals surface area contributed by atoms with E-state index in [9.17, 15) is 14.4 Å². The summed E-state index contributed by atoms with van der Waals surface area (Å²) >= 11 is 0. The fraction of sp³-hybridized carbons (Fsp3) is 0.825.